The molecule has 0 spiro atoms. The summed E-state index contributed by atoms with van der Waals surface area (Å²) in [6.07, 6.45) is 0. The fourth-order valence-electron chi connectivity index (χ4n) is 5.59. The van der Waals surface area contributed by atoms with Crippen LogP contribution in [0.4, 0.5) is 14.9 Å². The number of anilines is 1. The van der Waals surface area contributed by atoms with Crippen molar-refractivity contribution in [3.05, 3.63) is 78.1 Å². The van der Waals surface area contributed by atoms with E-state index in [1.165, 1.54) is 29.0 Å². The van der Waals surface area contributed by atoms with Crippen LogP contribution < -0.4 is 4.90 Å². The molecule has 3 aromatic carbocycles. The number of carbonyl (C=O) groups excluding carboxylic acids is 2. The number of likely N-dealkylation sites (N-methyl/N-ethyl adjacent to an activating group) is 2. The van der Waals surface area contributed by atoms with Gasteiger partial charge in [-0.2, -0.15) is 0 Å². The molecule has 1 unspecified atom stereocenters. The lowest BCUT2D eigenvalue weighted by Gasteiger charge is -2.35. The molecule has 0 radical (unpaired) electrons. The number of amidine groups is 2. The number of halogens is 1. The molecule has 38 heavy (non-hydrogen) atoms. The van der Waals surface area contributed by atoms with E-state index < -0.39 is 6.04 Å². The van der Waals surface area contributed by atoms with E-state index in [1.807, 2.05) is 30.3 Å². The van der Waals surface area contributed by atoms with Crippen LogP contribution in [0.5, 0.6) is 0 Å². The summed E-state index contributed by atoms with van der Waals surface area (Å²) in [7, 11) is 3.21. The molecule has 0 aliphatic carbocycles. The van der Waals surface area contributed by atoms with Crippen molar-refractivity contribution in [1.29, 1.82) is 0 Å². The molecule has 1 atom stereocenters. The Morgan fingerprint density at radius 3 is 2.37 bits per heavy atom. The van der Waals surface area contributed by atoms with Crippen LogP contribution in [0.1, 0.15) is 5.56 Å². The monoisotopic (exact) mass is 513 g/mol. The van der Waals surface area contributed by atoms with Gasteiger partial charge in [0.05, 0.1) is 0 Å². The summed E-state index contributed by atoms with van der Waals surface area (Å²) >= 11 is 0. The zero-order valence-electron chi connectivity index (χ0n) is 21.5. The second-order valence-corrected chi connectivity index (χ2v) is 10.0. The molecule has 0 aromatic heterocycles. The van der Waals surface area contributed by atoms with Gasteiger partial charge in [0.2, 0.25) is 0 Å². The average molecular weight is 514 g/mol. The van der Waals surface area contributed by atoms with Crippen molar-refractivity contribution < 1.29 is 18.6 Å². The molecule has 3 aromatic rings. The molecule has 3 aliphatic heterocycles. The molecule has 6 rings (SSSR count). The van der Waals surface area contributed by atoms with Crippen LogP contribution in [0.15, 0.2) is 71.7 Å². The number of fused-ring (bicyclic) bond motifs is 2. The molecule has 2 saturated heterocycles. The van der Waals surface area contributed by atoms with Crippen LogP contribution in [0.2, 0.25) is 0 Å². The van der Waals surface area contributed by atoms with Gasteiger partial charge in [-0.25, -0.2) is 13.8 Å². The lowest BCUT2D eigenvalue weighted by atomic mass is 10.0. The minimum absolute atomic E-state index is 0.236. The van der Waals surface area contributed by atoms with Crippen LogP contribution in [0.25, 0.3) is 10.8 Å². The van der Waals surface area contributed by atoms with E-state index in [4.69, 9.17) is 4.99 Å². The van der Waals surface area contributed by atoms with Crippen molar-refractivity contribution in [1.82, 2.24) is 14.7 Å². The number of aliphatic imine (C=N–C) groups is 1. The smallest absolute Gasteiger partial charge is 0.333 e. The summed E-state index contributed by atoms with van der Waals surface area (Å²) < 4.78 is 15.4. The van der Waals surface area contributed by atoms with Gasteiger partial charge >= 0.3 is 11.9 Å². The Kier molecular flexibility index (Phi) is 6.15. The quantitative estimate of drug-likeness (QED) is 0.492. The lowest BCUT2D eigenvalue weighted by Crippen LogP contribution is -2.61. The molecule has 9 heteroatoms. The average Bonchev–Trinajstić information content (AvgIpc) is 3.29. The first kappa shape index (κ1) is 24.2. The minimum atomic E-state index is -0.642. The standard InChI is InChI=1S/C29H30FN6O2/c1-32-27-26(28(37)33(2)29(32)38)36(18-21-8-5-7-20-6-3-4-9-24(20)21)25(31-27)19-34-14-16-35(17-15-34)23-12-10-22(30)11-13-23/h3-13,26H,14-19H2,1-2H3/q+1. The number of piperazine rings is 1. The molecule has 194 valence electrons. The number of rotatable bonds is 5. The minimum Gasteiger partial charge on any atom is -0.369 e. The van der Waals surface area contributed by atoms with Gasteiger partial charge in [-0.3, -0.25) is 19.5 Å². The summed E-state index contributed by atoms with van der Waals surface area (Å²) in [5, 5.41) is 2.28. The van der Waals surface area contributed by atoms with E-state index in [9.17, 15) is 14.0 Å². The first-order valence-corrected chi connectivity index (χ1v) is 12.9. The molecule has 2 fully saturated rings. The number of hydrogen-bond donors (Lipinski definition) is 0. The molecule has 0 N–H and O–H groups in total. The molecule has 3 aliphatic rings. The van der Waals surface area contributed by atoms with Crippen molar-refractivity contribution in [2.75, 3.05) is 51.7 Å². The Balaban J connectivity index is 1.30. The number of benzene rings is 3. The Bertz CT molecular complexity index is 1470. The molecule has 0 bridgehead atoms. The largest absolute Gasteiger partial charge is 0.369 e. The highest BCUT2D eigenvalue weighted by Crippen LogP contribution is 2.25. The highest BCUT2D eigenvalue weighted by Gasteiger charge is 2.53. The second kappa shape index (κ2) is 9.64. The predicted octanol–water partition coefficient (Wildman–Crippen LogP) is 3.02. The van der Waals surface area contributed by atoms with Crippen molar-refractivity contribution in [3.8, 4) is 0 Å². The van der Waals surface area contributed by atoms with Gasteiger partial charge < -0.3 is 4.90 Å². The predicted molar refractivity (Wildman–Crippen MR) is 145 cm³/mol. The lowest BCUT2D eigenvalue weighted by molar-refractivity contribution is -0.551. The summed E-state index contributed by atoms with van der Waals surface area (Å²) in [4.78, 5) is 38.2. The fraction of sp³-hybridized carbons (Fsp3) is 0.310. The van der Waals surface area contributed by atoms with Gasteiger partial charge in [0.1, 0.15) is 18.9 Å². The first-order valence-electron chi connectivity index (χ1n) is 12.9. The normalized spacial score (nSPS) is 20.4. The number of urea groups is 1. The van der Waals surface area contributed by atoms with E-state index in [1.54, 1.807) is 7.05 Å². The SMILES string of the molecule is CN1C(=O)C2C(=NC(CN3CCN(c4ccc(F)cc4)CC3)=[N+]2Cc2cccc3ccccc23)N(C)C1=O. The number of amides is 3. The van der Waals surface area contributed by atoms with Crippen LogP contribution in [0.3, 0.4) is 0 Å². The Labute approximate surface area is 220 Å². The first-order chi connectivity index (χ1) is 18.4. The van der Waals surface area contributed by atoms with E-state index in [2.05, 4.69) is 38.6 Å². The second-order valence-electron chi connectivity index (χ2n) is 10.0. The van der Waals surface area contributed by atoms with E-state index in [-0.39, 0.29) is 17.8 Å². The number of hydrogen-bond acceptors (Lipinski definition) is 5. The molecular weight excluding hydrogens is 483 g/mol. The Hall–Kier alpha value is -4.11. The van der Waals surface area contributed by atoms with Gasteiger partial charge in [0, 0.05) is 51.5 Å². The van der Waals surface area contributed by atoms with Crippen LogP contribution in [0, 0.1) is 5.82 Å². The molecule has 3 heterocycles. The fourth-order valence-corrected chi connectivity index (χ4v) is 5.59. The summed E-state index contributed by atoms with van der Waals surface area (Å²) in [6, 6.07) is 20.0. The van der Waals surface area contributed by atoms with Gasteiger partial charge in [0.15, 0.2) is 0 Å². The number of imide groups is 1. The molecule has 0 saturated carbocycles. The van der Waals surface area contributed by atoms with Crippen LogP contribution >= 0.6 is 0 Å². The third-order valence-corrected chi connectivity index (χ3v) is 7.76. The highest BCUT2D eigenvalue weighted by molar-refractivity contribution is 6.23. The van der Waals surface area contributed by atoms with Crippen LogP contribution in [-0.4, -0.2) is 95.7 Å². The van der Waals surface area contributed by atoms with E-state index in [0.29, 0.717) is 18.9 Å². The zero-order valence-corrected chi connectivity index (χ0v) is 21.5. The van der Waals surface area contributed by atoms with Crippen LogP contribution in [-0.2, 0) is 11.3 Å². The Morgan fingerprint density at radius 1 is 0.895 bits per heavy atom. The molecule has 3 amide bonds. The van der Waals surface area contributed by atoms with Crippen molar-refractivity contribution in [2.24, 2.45) is 4.99 Å². The van der Waals surface area contributed by atoms with Gasteiger partial charge in [-0.15, -0.1) is 0 Å². The third kappa shape index (κ3) is 4.22. The summed E-state index contributed by atoms with van der Waals surface area (Å²) in [5.41, 5.74) is 2.12. The van der Waals surface area contributed by atoms with Crippen molar-refractivity contribution in [2.45, 2.75) is 12.6 Å². The van der Waals surface area contributed by atoms with Crippen molar-refractivity contribution in [3.63, 3.8) is 0 Å². The Morgan fingerprint density at radius 2 is 1.61 bits per heavy atom. The zero-order chi connectivity index (χ0) is 26.4. The highest BCUT2D eigenvalue weighted by atomic mass is 19.1. The maximum absolute atomic E-state index is 13.4. The number of nitrogens with zero attached hydrogens (tertiary/aromatic N) is 6. The summed E-state index contributed by atoms with van der Waals surface area (Å²) in [6.45, 7) is 4.30. The van der Waals surface area contributed by atoms with Gasteiger partial charge in [-0.05, 0) is 40.0 Å². The van der Waals surface area contributed by atoms with Crippen molar-refractivity contribution >= 4 is 40.1 Å². The maximum Gasteiger partial charge on any atom is 0.333 e. The van der Waals surface area contributed by atoms with Gasteiger partial charge in [-0.1, -0.05) is 42.5 Å². The molecule has 8 nitrogen and oxygen atoms in total. The molecular formula is C29H30FN6O2+. The maximum atomic E-state index is 13.4. The summed E-state index contributed by atoms with van der Waals surface area (Å²) in [5.74, 6) is 0.776. The number of carbonyl (C=O) groups is 2. The van der Waals surface area contributed by atoms with E-state index in [0.717, 1.165) is 54.0 Å². The van der Waals surface area contributed by atoms with E-state index >= 15 is 0 Å². The topological polar surface area (TPSA) is 62.5 Å². The van der Waals surface area contributed by atoms with Gasteiger partial charge in [0.25, 0.3) is 17.8 Å². The third-order valence-electron chi connectivity index (χ3n) is 7.76.